The normalized spacial score (nSPS) is 22.2. The van der Waals surface area contributed by atoms with E-state index in [0.717, 1.165) is 12.3 Å². The van der Waals surface area contributed by atoms with E-state index in [4.69, 9.17) is 0 Å². The van der Waals surface area contributed by atoms with Crippen molar-refractivity contribution in [2.75, 3.05) is 32.4 Å². The van der Waals surface area contributed by atoms with Gasteiger partial charge in [-0.25, -0.2) is 0 Å². The van der Waals surface area contributed by atoms with Gasteiger partial charge >= 0.3 is 0 Å². The minimum Gasteiger partial charge on any atom is -0.311 e. The molecule has 1 aliphatic heterocycles. The van der Waals surface area contributed by atoms with Crippen molar-refractivity contribution in [1.29, 1.82) is 0 Å². The highest BCUT2D eigenvalue weighted by molar-refractivity contribution is 7.99. The molecule has 0 bridgehead atoms. The number of piperazine rings is 1. The molecule has 16 heavy (non-hydrogen) atoms. The molecule has 1 aromatic carbocycles. The van der Waals surface area contributed by atoms with Gasteiger partial charge in [0.25, 0.3) is 0 Å². The summed E-state index contributed by atoms with van der Waals surface area (Å²) in [7, 11) is 2.20. The Morgan fingerprint density at radius 1 is 1.38 bits per heavy atom. The summed E-state index contributed by atoms with van der Waals surface area (Å²) in [5, 5.41) is 3.57. The molecule has 88 valence electrons. The van der Waals surface area contributed by atoms with Crippen LogP contribution in [0.4, 0.5) is 0 Å². The van der Waals surface area contributed by atoms with Crippen LogP contribution in [0.5, 0.6) is 0 Å². The minimum atomic E-state index is 0.630. The Morgan fingerprint density at radius 3 is 2.81 bits per heavy atom. The quantitative estimate of drug-likeness (QED) is 0.808. The van der Waals surface area contributed by atoms with Gasteiger partial charge in [-0.1, -0.05) is 17.7 Å². The third kappa shape index (κ3) is 3.51. The van der Waals surface area contributed by atoms with Crippen molar-refractivity contribution < 1.29 is 0 Å². The summed E-state index contributed by atoms with van der Waals surface area (Å²) in [6, 6.07) is 9.43. The number of likely N-dealkylation sites (N-methyl/N-ethyl adjacent to an activating group) is 1. The van der Waals surface area contributed by atoms with Gasteiger partial charge in [0.2, 0.25) is 0 Å². The van der Waals surface area contributed by atoms with Crippen LogP contribution in [0.2, 0.25) is 0 Å². The van der Waals surface area contributed by atoms with Gasteiger partial charge in [-0.05, 0) is 26.1 Å². The maximum atomic E-state index is 3.57. The summed E-state index contributed by atoms with van der Waals surface area (Å²) in [5.74, 6) is 1.16. The van der Waals surface area contributed by atoms with E-state index in [2.05, 4.69) is 48.5 Å². The Balaban J connectivity index is 1.80. The maximum Gasteiger partial charge on any atom is 0.0289 e. The molecule has 3 heteroatoms. The number of rotatable bonds is 3. The highest BCUT2D eigenvalue weighted by atomic mass is 32.2. The fourth-order valence-electron chi connectivity index (χ4n) is 1.93. The van der Waals surface area contributed by atoms with E-state index in [0.29, 0.717) is 6.04 Å². The monoisotopic (exact) mass is 236 g/mol. The Morgan fingerprint density at radius 2 is 2.12 bits per heavy atom. The van der Waals surface area contributed by atoms with Crippen LogP contribution in [0.1, 0.15) is 5.56 Å². The molecule has 0 saturated carbocycles. The molecule has 0 aliphatic carbocycles. The molecule has 1 fully saturated rings. The first-order valence-electron chi connectivity index (χ1n) is 5.85. The molecule has 2 rings (SSSR count). The fourth-order valence-corrected chi connectivity index (χ4v) is 2.88. The summed E-state index contributed by atoms with van der Waals surface area (Å²) in [6.07, 6.45) is 0. The number of hydrogen-bond donors (Lipinski definition) is 1. The third-order valence-electron chi connectivity index (χ3n) is 2.93. The molecule has 1 heterocycles. The van der Waals surface area contributed by atoms with Gasteiger partial charge in [0, 0.05) is 36.3 Å². The smallest absolute Gasteiger partial charge is 0.0289 e. The lowest BCUT2D eigenvalue weighted by Gasteiger charge is -2.30. The lowest BCUT2D eigenvalue weighted by atomic mass is 10.2. The van der Waals surface area contributed by atoms with Gasteiger partial charge in [0.15, 0.2) is 0 Å². The second-order valence-electron chi connectivity index (χ2n) is 4.54. The van der Waals surface area contributed by atoms with Gasteiger partial charge in [0.05, 0.1) is 0 Å². The molecular formula is C13H20N2S. The fraction of sp³-hybridized carbons (Fsp3) is 0.538. The summed E-state index contributed by atoms with van der Waals surface area (Å²) in [4.78, 5) is 3.78. The second kappa shape index (κ2) is 5.71. The van der Waals surface area contributed by atoms with Crippen LogP contribution >= 0.6 is 11.8 Å². The second-order valence-corrected chi connectivity index (χ2v) is 5.63. The molecule has 1 aliphatic rings. The summed E-state index contributed by atoms with van der Waals surface area (Å²) in [6.45, 7) is 5.59. The molecule has 1 unspecified atom stereocenters. The molecular weight excluding hydrogens is 216 g/mol. The van der Waals surface area contributed by atoms with Crippen molar-refractivity contribution in [2.45, 2.75) is 17.9 Å². The third-order valence-corrected chi connectivity index (χ3v) is 4.11. The molecule has 0 radical (unpaired) electrons. The predicted molar refractivity (Wildman–Crippen MR) is 71.2 cm³/mol. The van der Waals surface area contributed by atoms with Crippen LogP contribution in [0.25, 0.3) is 0 Å². The van der Waals surface area contributed by atoms with Crippen LogP contribution in [-0.4, -0.2) is 43.4 Å². The standard InChI is InChI=1S/C13H20N2S/c1-11-3-5-13(6-4-11)16-10-12-9-15(2)8-7-14-12/h3-6,12,14H,7-10H2,1-2H3. The molecule has 0 spiro atoms. The number of nitrogens with one attached hydrogen (secondary N) is 1. The van der Waals surface area contributed by atoms with Crippen molar-refractivity contribution in [3.05, 3.63) is 29.8 Å². The van der Waals surface area contributed by atoms with Crippen molar-refractivity contribution in [1.82, 2.24) is 10.2 Å². The van der Waals surface area contributed by atoms with Crippen LogP contribution in [0.15, 0.2) is 29.2 Å². The van der Waals surface area contributed by atoms with Crippen LogP contribution < -0.4 is 5.32 Å². The zero-order chi connectivity index (χ0) is 11.4. The lowest BCUT2D eigenvalue weighted by molar-refractivity contribution is 0.250. The van der Waals surface area contributed by atoms with Crippen LogP contribution in [-0.2, 0) is 0 Å². The molecule has 1 atom stereocenters. The number of hydrogen-bond acceptors (Lipinski definition) is 3. The number of nitrogens with zero attached hydrogens (tertiary/aromatic N) is 1. The maximum absolute atomic E-state index is 3.57. The van der Waals surface area contributed by atoms with Crippen LogP contribution in [0, 0.1) is 6.92 Å². The van der Waals surface area contributed by atoms with Crippen LogP contribution in [0.3, 0.4) is 0 Å². The molecule has 0 amide bonds. The van der Waals surface area contributed by atoms with E-state index in [1.807, 2.05) is 11.8 Å². The predicted octanol–water partition coefficient (Wildman–Crippen LogP) is 1.99. The number of thioether (sulfide) groups is 1. The van der Waals surface area contributed by atoms with Gasteiger partial charge < -0.3 is 10.2 Å². The molecule has 1 N–H and O–H groups in total. The van der Waals surface area contributed by atoms with Crippen molar-refractivity contribution in [2.24, 2.45) is 0 Å². The van der Waals surface area contributed by atoms with E-state index in [-0.39, 0.29) is 0 Å². The SMILES string of the molecule is Cc1ccc(SCC2CN(C)CCN2)cc1. The van der Waals surface area contributed by atoms with E-state index in [1.54, 1.807) is 0 Å². The molecule has 1 aromatic rings. The molecule has 2 nitrogen and oxygen atoms in total. The Bertz CT molecular complexity index is 323. The van der Waals surface area contributed by atoms with Gasteiger partial charge in [-0.3, -0.25) is 0 Å². The van der Waals surface area contributed by atoms with E-state index >= 15 is 0 Å². The first kappa shape index (κ1) is 12.0. The Kier molecular flexibility index (Phi) is 4.27. The summed E-state index contributed by atoms with van der Waals surface area (Å²) < 4.78 is 0. The lowest BCUT2D eigenvalue weighted by Crippen LogP contribution is -2.50. The van der Waals surface area contributed by atoms with E-state index in [1.165, 1.54) is 23.5 Å². The van der Waals surface area contributed by atoms with Gasteiger partial charge in [-0.15, -0.1) is 11.8 Å². The zero-order valence-electron chi connectivity index (χ0n) is 10.1. The van der Waals surface area contributed by atoms with Gasteiger partial charge in [0.1, 0.15) is 0 Å². The topological polar surface area (TPSA) is 15.3 Å². The number of benzene rings is 1. The van der Waals surface area contributed by atoms with E-state index in [9.17, 15) is 0 Å². The first-order chi connectivity index (χ1) is 7.74. The highest BCUT2D eigenvalue weighted by Crippen LogP contribution is 2.19. The summed E-state index contributed by atoms with van der Waals surface area (Å²) in [5.41, 5.74) is 1.33. The molecule has 0 aromatic heterocycles. The Hall–Kier alpha value is -0.510. The largest absolute Gasteiger partial charge is 0.311 e. The molecule has 1 saturated heterocycles. The van der Waals surface area contributed by atoms with Gasteiger partial charge in [-0.2, -0.15) is 0 Å². The Labute approximate surface area is 102 Å². The van der Waals surface area contributed by atoms with E-state index < -0.39 is 0 Å². The zero-order valence-corrected chi connectivity index (χ0v) is 10.9. The van der Waals surface area contributed by atoms with Crippen molar-refractivity contribution in [3.63, 3.8) is 0 Å². The van der Waals surface area contributed by atoms with Crippen molar-refractivity contribution in [3.8, 4) is 0 Å². The minimum absolute atomic E-state index is 0.630. The summed E-state index contributed by atoms with van der Waals surface area (Å²) >= 11 is 1.95. The average molecular weight is 236 g/mol. The van der Waals surface area contributed by atoms with Crippen molar-refractivity contribution >= 4 is 11.8 Å². The average Bonchev–Trinajstić information content (AvgIpc) is 2.28. The number of aryl methyl sites for hydroxylation is 1. The first-order valence-corrected chi connectivity index (χ1v) is 6.84. The highest BCUT2D eigenvalue weighted by Gasteiger charge is 2.15.